The molecular formula is C55H25NO4. The maximum Gasteiger partial charge on any atom is 0.355 e. The van der Waals surface area contributed by atoms with Gasteiger partial charge in [-0.25, -0.2) is 9.59 Å². The van der Waals surface area contributed by atoms with Crippen molar-refractivity contribution in [1.82, 2.24) is 4.90 Å². The van der Waals surface area contributed by atoms with E-state index < -0.39 is 17.9 Å². The summed E-state index contributed by atoms with van der Waals surface area (Å²) in [5, 5.41) is 29.4. The van der Waals surface area contributed by atoms with Gasteiger partial charge in [0.1, 0.15) is 5.70 Å². The highest BCUT2D eigenvalue weighted by Gasteiger charge is 2.60. The molecule has 12 aromatic carbocycles. The summed E-state index contributed by atoms with van der Waals surface area (Å²) in [6, 6.07) is 22.8. The van der Waals surface area contributed by atoms with Gasteiger partial charge in [0, 0.05) is 29.9 Å². The first-order valence-electron chi connectivity index (χ1n) is 21.3. The Kier molecular flexibility index (Phi) is 3.78. The highest BCUT2D eigenvalue weighted by Crippen LogP contribution is 2.75. The van der Waals surface area contributed by atoms with Gasteiger partial charge in [0.15, 0.2) is 0 Å². The van der Waals surface area contributed by atoms with Gasteiger partial charge in [0.05, 0.1) is 25.8 Å². The van der Waals surface area contributed by atoms with Crippen LogP contribution in [0.4, 0.5) is 0 Å². The monoisotopic (exact) mass is 763 g/mol. The highest BCUT2D eigenvalue weighted by atomic mass is 16.5. The zero-order chi connectivity index (χ0) is 38.4. The predicted molar refractivity (Wildman–Crippen MR) is 237 cm³/mol. The van der Waals surface area contributed by atoms with Crippen molar-refractivity contribution in [2.75, 3.05) is 14.2 Å². The van der Waals surface area contributed by atoms with Gasteiger partial charge in [-0.1, -0.05) is 72.8 Å². The fourth-order valence-electron chi connectivity index (χ4n) is 16.2. The van der Waals surface area contributed by atoms with Crippen molar-refractivity contribution in [2.24, 2.45) is 5.92 Å². The molecule has 0 amide bonds. The molecule has 5 heteroatoms. The fourth-order valence-corrected chi connectivity index (χ4v) is 16.2. The van der Waals surface area contributed by atoms with E-state index in [1.54, 1.807) is 5.56 Å². The van der Waals surface area contributed by atoms with Crippen LogP contribution < -0.4 is 5.22 Å². The maximum absolute atomic E-state index is 14.8. The summed E-state index contributed by atoms with van der Waals surface area (Å²) in [7, 11) is 2.87. The van der Waals surface area contributed by atoms with Crippen LogP contribution in [0, 0.1) is 5.92 Å². The van der Waals surface area contributed by atoms with E-state index in [1.807, 2.05) is 6.20 Å². The number of carbonyl (C=O) groups excluding carboxylic acids is 2. The van der Waals surface area contributed by atoms with Gasteiger partial charge in [0.2, 0.25) is 0 Å². The molecule has 19 rings (SSSR count). The Morgan fingerprint density at radius 3 is 1.85 bits per heavy atom. The minimum absolute atomic E-state index is 0.160. The van der Waals surface area contributed by atoms with Crippen LogP contribution in [0.2, 0.25) is 0 Å². The van der Waals surface area contributed by atoms with Gasteiger partial charge < -0.3 is 14.4 Å². The average molecular weight is 764 g/mol. The van der Waals surface area contributed by atoms with Crippen molar-refractivity contribution in [3.05, 3.63) is 134 Å². The maximum atomic E-state index is 14.8. The van der Waals surface area contributed by atoms with Crippen molar-refractivity contribution in [3.8, 4) is 0 Å². The summed E-state index contributed by atoms with van der Waals surface area (Å²) in [5.41, 5.74) is 12.8. The Morgan fingerprint density at radius 1 is 0.517 bits per heavy atom. The molecule has 5 unspecified atom stereocenters. The van der Waals surface area contributed by atoms with Gasteiger partial charge in [-0.15, -0.1) is 0 Å². The molecule has 2 aliphatic heterocycles. The van der Waals surface area contributed by atoms with Gasteiger partial charge in [-0.05, 0) is 169 Å². The number of esters is 2. The number of nitrogens with zero attached hydrogens (tertiary/aromatic N) is 1. The van der Waals surface area contributed by atoms with Crippen LogP contribution in [-0.4, -0.2) is 31.1 Å². The van der Waals surface area contributed by atoms with Gasteiger partial charge in [0.25, 0.3) is 0 Å². The van der Waals surface area contributed by atoms with Crippen LogP contribution in [0.25, 0.3) is 125 Å². The molecule has 0 saturated carbocycles. The number of hydrogen-bond acceptors (Lipinski definition) is 5. The summed E-state index contributed by atoms with van der Waals surface area (Å²) in [6.45, 7) is 0. The SMILES string of the molecule is COC(=O)C1=C(C(=O)OC)N2C=Cc3ccccc3C2C2C3=C4C=CC5=c6ccc7c8ccc9c%10ccc%11c(c%12c3c3c%13c%14c(c6c7c6c8c9c7c%10c%11c%12c%13c7c%146)C5C43)C12. The molecule has 5 aliphatic carbocycles. The van der Waals surface area contributed by atoms with Crippen LogP contribution in [0.5, 0.6) is 0 Å². The van der Waals surface area contributed by atoms with Crippen molar-refractivity contribution in [2.45, 2.75) is 23.8 Å². The second kappa shape index (κ2) is 8.04. The molecular weight excluding hydrogens is 739 g/mol. The molecule has 0 N–H and O–H groups in total. The highest BCUT2D eigenvalue weighted by molar-refractivity contribution is 6.62. The number of carbonyl (C=O) groups is 2. The zero-order valence-electron chi connectivity index (χ0n) is 32.0. The molecule has 0 saturated heterocycles. The smallest absolute Gasteiger partial charge is 0.355 e. The summed E-state index contributed by atoms with van der Waals surface area (Å²) < 4.78 is 11.4. The molecule has 7 aliphatic rings. The van der Waals surface area contributed by atoms with E-state index in [-0.39, 0.29) is 29.5 Å². The second-order valence-corrected chi connectivity index (χ2v) is 18.9. The summed E-state index contributed by atoms with van der Waals surface area (Å²) in [4.78, 5) is 31.3. The molecule has 12 aromatic rings. The Labute approximate surface area is 338 Å². The van der Waals surface area contributed by atoms with Crippen molar-refractivity contribution >= 4 is 137 Å². The van der Waals surface area contributed by atoms with E-state index in [2.05, 4.69) is 83.8 Å². The number of rotatable bonds is 2. The lowest BCUT2D eigenvalue weighted by atomic mass is 9.61. The topological polar surface area (TPSA) is 55.8 Å². The van der Waals surface area contributed by atoms with Crippen LogP contribution >= 0.6 is 0 Å². The van der Waals surface area contributed by atoms with E-state index in [1.165, 1.54) is 161 Å². The van der Waals surface area contributed by atoms with E-state index in [4.69, 9.17) is 9.47 Å². The molecule has 0 spiro atoms. The van der Waals surface area contributed by atoms with E-state index in [9.17, 15) is 9.59 Å². The third-order valence-corrected chi connectivity index (χ3v) is 17.5. The summed E-state index contributed by atoms with van der Waals surface area (Å²) in [5.74, 6) is -1.29. The first-order valence-corrected chi connectivity index (χ1v) is 21.3. The molecule has 274 valence electrons. The van der Waals surface area contributed by atoms with Crippen LogP contribution in [0.3, 0.4) is 0 Å². The quantitative estimate of drug-likeness (QED) is 0.130. The molecule has 5 atom stereocenters. The third kappa shape index (κ3) is 2.24. The lowest BCUT2D eigenvalue weighted by Gasteiger charge is -2.50. The number of fused-ring (bicyclic) bond motifs is 10. The Bertz CT molecular complexity index is 4440. The second-order valence-electron chi connectivity index (χ2n) is 18.9. The molecule has 0 bridgehead atoms. The predicted octanol–water partition coefficient (Wildman–Crippen LogP) is 11.0. The third-order valence-electron chi connectivity index (χ3n) is 17.5. The van der Waals surface area contributed by atoms with Crippen molar-refractivity contribution in [1.29, 1.82) is 0 Å². The molecule has 5 nitrogen and oxygen atoms in total. The minimum Gasteiger partial charge on any atom is -0.466 e. The van der Waals surface area contributed by atoms with Crippen LogP contribution in [0.15, 0.2) is 95.9 Å². The first kappa shape index (κ1) is 28.2. The Balaban J connectivity index is 1.16. The van der Waals surface area contributed by atoms with Gasteiger partial charge >= 0.3 is 11.9 Å². The van der Waals surface area contributed by atoms with Gasteiger partial charge in [-0.2, -0.15) is 0 Å². The van der Waals surface area contributed by atoms with Crippen LogP contribution in [-0.2, 0) is 19.1 Å². The fraction of sp³-hybridized carbons (Fsp3) is 0.127. The largest absolute Gasteiger partial charge is 0.466 e. The van der Waals surface area contributed by atoms with Crippen molar-refractivity contribution < 1.29 is 19.1 Å². The number of allylic oxidation sites excluding steroid dienone is 3. The van der Waals surface area contributed by atoms with Crippen LogP contribution in [0.1, 0.15) is 57.2 Å². The van der Waals surface area contributed by atoms with Gasteiger partial charge in [-0.3, -0.25) is 0 Å². The number of benzene rings is 8. The zero-order valence-corrected chi connectivity index (χ0v) is 32.0. The number of ether oxygens (including phenoxy) is 2. The van der Waals surface area contributed by atoms with E-state index >= 15 is 0 Å². The number of hydrogen-bond donors (Lipinski definition) is 0. The Hall–Kier alpha value is -7.24. The Morgan fingerprint density at radius 2 is 1.10 bits per heavy atom. The molecule has 0 radical (unpaired) electrons. The summed E-state index contributed by atoms with van der Waals surface area (Å²) in [6.07, 6.45) is 9.01. The van der Waals surface area contributed by atoms with E-state index in [0.717, 1.165) is 11.1 Å². The lowest BCUT2D eigenvalue weighted by molar-refractivity contribution is -0.142. The first-order chi connectivity index (χ1) is 29.6. The lowest BCUT2D eigenvalue weighted by Crippen LogP contribution is -2.45. The molecule has 0 fully saturated rings. The van der Waals surface area contributed by atoms with Crippen molar-refractivity contribution in [3.63, 3.8) is 0 Å². The summed E-state index contributed by atoms with van der Waals surface area (Å²) >= 11 is 0. The minimum atomic E-state index is -0.524. The van der Waals surface area contributed by atoms with E-state index in [0.29, 0.717) is 5.57 Å². The average Bonchev–Trinajstić information content (AvgIpc) is 4.12. The molecule has 60 heavy (non-hydrogen) atoms. The molecule has 2 heterocycles. The number of methoxy groups -OCH3 is 2. The normalized spacial score (nSPS) is 24.1. The molecule has 0 aromatic heterocycles. The standard InChI is InChI=1S/C55H25NO4/c1-59-54(57)51-44-35-25-13-11-23-21-9-7-19-20-8-10-22-24-12-14-26-34-32(24)39-30(22)28(20)37-27(19)29(21)38-31(23)33(25)40-42(35)43(41(34)49-47(39)45(37)46(38)48(40)49)36(26)50(44)52-18-6-4-3-5-17(18)15-16-56(52)53(51)55(58)60-2/h3-16,32,34,44,50,52H,1-2H3.